The number of rotatable bonds is 4. The fourth-order valence-electron chi connectivity index (χ4n) is 3.68. The summed E-state index contributed by atoms with van der Waals surface area (Å²) in [7, 11) is -0.714. The van der Waals surface area contributed by atoms with Gasteiger partial charge in [-0.3, -0.25) is 9.48 Å². The molecule has 0 bridgehead atoms. The van der Waals surface area contributed by atoms with Crippen LogP contribution in [0.5, 0.6) is 0 Å². The largest absolute Gasteiger partial charge is 0.315 e. The number of thiophene rings is 1. The molecule has 156 valence electrons. The molecule has 2 aromatic rings. The Kier molecular flexibility index (Phi) is 5.82. The lowest BCUT2D eigenvalue weighted by molar-refractivity contribution is -0.120. The van der Waals surface area contributed by atoms with Crippen molar-refractivity contribution in [1.82, 2.24) is 18.8 Å². The van der Waals surface area contributed by atoms with Gasteiger partial charge in [0.15, 0.2) is 0 Å². The molecule has 1 fully saturated rings. The molecule has 0 unspecified atom stereocenters. The highest BCUT2D eigenvalue weighted by molar-refractivity contribution is 7.87. The van der Waals surface area contributed by atoms with Gasteiger partial charge in [-0.15, -0.1) is 11.3 Å². The zero-order valence-corrected chi connectivity index (χ0v) is 18.6. The van der Waals surface area contributed by atoms with Gasteiger partial charge < -0.3 is 5.32 Å². The average molecular weight is 437 g/mol. The molecule has 2 atom stereocenters. The van der Waals surface area contributed by atoms with Gasteiger partial charge in [-0.05, 0) is 32.3 Å². The first-order chi connectivity index (χ1) is 13.6. The average Bonchev–Trinajstić information content (AvgIpc) is 3.14. The lowest BCUT2D eigenvalue weighted by atomic mass is 10.00. The van der Waals surface area contributed by atoms with E-state index in [1.165, 1.54) is 18.4 Å². The first-order valence-electron chi connectivity index (χ1n) is 9.17. The number of aryl methyl sites for hydroxylation is 3. The van der Waals surface area contributed by atoms with Crippen molar-refractivity contribution >= 4 is 32.5 Å². The number of likely N-dealkylation sites (N-methyl/N-ethyl adjacent to an activating group) is 1. The van der Waals surface area contributed by atoms with Crippen LogP contribution in [0.3, 0.4) is 0 Å². The zero-order valence-electron chi connectivity index (χ0n) is 17.0. The third kappa shape index (κ3) is 3.93. The molecule has 11 heteroatoms. The van der Waals surface area contributed by atoms with Crippen LogP contribution in [0.1, 0.15) is 46.6 Å². The van der Waals surface area contributed by atoms with E-state index in [0.29, 0.717) is 22.7 Å². The number of nitrogens with zero attached hydrogens (tertiary/aromatic N) is 4. The Hall–Kier alpha value is -2.26. The van der Waals surface area contributed by atoms with Crippen LogP contribution in [0.15, 0.2) is 6.20 Å². The Balaban J connectivity index is 1.91. The van der Waals surface area contributed by atoms with Crippen molar-refractivity contribution < 1.29 is 13.2 Å². The van der Waals surface area contributed by atoms with E-state index in [1.807, 2.05) is 13.8 Å². The summed E-state index contributed by atoms with van der Waals surface area (Å²) in [5.41, 5.74) is 2.79. The first kappa shape index (κ1) is 21.4. The lowest BCUT2D eigenvalue weighted by Crippen LogP contribution is -2.56. The lowest BCUT2D eigenvalue weighted by Gasteiger charge is -2.35. The van der Waals surface area contributed by atoms with Crippen molar-refractivity contribution in [2.45, 2.75) is 45.7 Å². The fraction of sp³-hybridized carbons (Fsp3) is 0.500. The van der Waals surface area contributed by atoms with Crippen molar-refractivity contribution in [2.75, 3.05) is 12.4 Å². The molecule has 2 aromatic heterocycles. The number of anilines is 1. The smallest absolute Gasteiger partial charge is 0.280 e. The van der Waals surface area contributed by atoms with E-state index in [2.05, 4.69) is 21.2 Å². The Bertz CT molecular complexity index is 1100. The third-order valence-electron chi connectivity index (χ3n) is 5.21. The van der Waals surface area contributed by atoms with Gasteiger partial charge in [0.25, 0.3) is 10.2 Å². The van der Waals surface area contributed by atoms with Crippen molar-refractivity contribution in [3.05, 3.63) is 33.5 Å². The van der Waals surface area contributed by atoms with E-state index in [4.69, 9.17) is 0 Å². The zero-order chi connectivity index (χ0) is 21.5. The predicted molar refractivity (Wildman–Crippen MR) is 111 cm³/mol. The van der Waals surface area contributed by atoms with Crippen LogP contribution in [0.4, 0.5) is 5.00 Å². The fourth-order valence-corrected chi connectivity index (χ4v) is 6.04. The van der Waals surface area contributed by atoms with Gasteiger partial charge in [-0.1, -0.05) is 6.92 Å². The Morgan fingerprint density at radius 2 is 2.14 bits per heavy atom. The Morgan fingerprint density at radius 1 is 1.45 bits per heavy atom. The Labute approximate surface area is 174 Å². The maximum absolute atomic E-state index is 13.0. The molecule has 0 aliphatic carbocycles. The van der Waals surface area contributed by atoms with Crippen LogP contribution >= 0.6 is 11.3 Å². The molecule has 2 N–H and O–H groups in total. The molecular weight excluding hydrogens is 412 g/mol. The molecule has 29 heavy (non-hydrogen) atoms. The molecule has 0 radical (unpaired) electrons. The summed E-state index contributed by atoms with van der Waals surface area (Å²) in [5.74, 6) is -0.454. The first-order valence-corrected chi connectivity index (χ1v) is 11.4. The molecule has 1 saturated heterocycles. The topological polar surface area (TPSA) is 120 Å². The van der Waals surface area contributed by atoms with Crippen LogP contribution < -0.4 is 10.0 Å². The van der Waals surface area contributed by atoms with E-state index >= 15 is 0 Å². The summed E-state index contributed by atoms with van der Waals surface area (Å²) in [6.07, 6.45) is 2.69. The van der Waals surface area contributed by atoms with E-state index in [0.717, 1.165) is 20.3 Å². The molecule has 0 aromatic carbocycles. The number of nitrogens with one attached hydrogen (secondary N) is 2. The second-order valence-electron chi connectivity index (χ2n) is 7.08. The number of nitriles is 1. The highest BCUT2D eigenvalue weighted by Crippen LogP contribution is 2.34. The monoisotopic (exact) mass is 436 g/mol. The third-order valence-corrected chi connectivity index (χ3v) is 7.87. The highest BCUT2D eigenvalue weighted by Gasteiger charge is 2.41. The summed E-state index contributed by atoms with van der Waals surface area (Å²) in [5, 5.41) is 17.0. The number of carbonyl (C=O) groups is 1. The van der Waals surface area contributed by atoms with Gasteiger partial charge in [0.2, 0.25) is 5.91 Å². The van der Waals surface area contributed by atoms with Crippen molar-refractivity contribution in [1.29, 1.82) is 5.26 Å². The summed E-state index contributed by atoms with van der Waals surface area (Å²) in [4.78, 5) is 14.0. The maximum atomic E-state index is 13.0. The molecular formula is C18H24N6O3S2. The molecule has 1 aliphatic heterocycles. The summed E-state index contributed by atoms with van der Waals surface area (Å²) < 4.78 is 30.6. The highest BCUT2D eigenvalue weighted by atomic mass is 32.2. The van der Waals surface area contributed by atoms with Gasteiger partial charge in [0.1, 0.15) is 17.1 Å². The molecule has 3 rings (SSSR count). The molecule has 3 heterocycles. The minimum atomic E-state index is -3.85. The summed E-state index contributed by atoms with van der Waals surface area (Å²) >= 11 is 1.34. The molecule has 0 spiro atoms. The quantitative estimate of drug-likeness (QED) is 0.757. The van der Waals surface area contributed by atoms with Crippen molar-refractivity contribution in [3.63, 3.8) is 0 Å². The minimum Gasteiger partial charge on any atom is -0.315 e. The van der Waals surface area contributed by atoms with Gasteiger partial charge in [0.05, 0.1) is 17.3 Å². The SMILES string of the molecule is CCc1c(C)sc(NC(=O)[C@@H]2C[C@@H](c3cn(C)nc3C)NS(=O)(=O)N2C)c1C#N. The second kappa shape index (κ2) is 7.87. The standard InChI is InChI=1S/C18H24N6O3S2/c1-6-12-11(3)28-18(13(12)8-19)20-17(25)16-7-15(22-29(26,27)24(16)5)14-9-23(4)21-10(14)2/h9,15-16,22H,6-7H2,1-5H3,(H,20,25)/t15-,16-/m0/s1. The van der Waals surface area contributed by atoms with E-state index in [9.17, 15) is 18.5 Å². The number of aromatic nitrogens is 2. The normalized spacial score (nSPS) is 21.7. The van der Waals surface area contributed by atoms with E-state index in [-0.39, 0.29) is 6.42 Å². The number of hydrogen-bond donors (Lipinski definition) is 2. The van der Waals surface area contributed by atoms with Crippen LogP contribution in [0, 0.1) is 25.2 Å². The number of amides is 1. The number of hydrogen-bond acceptors (Lipinski definition) is 6. The Morgan fingerprint density at radius 3 is 2.69 bits per heavy atom. The summed E-state index contributed by atoms with van der Waals surface area (Å²) in [6.45, 7) is 5.66. The van der Waals surface area contributed by atoms with Crippen LogP contribution in [0.25, 0.3) is 0 Å². The molecule has 1 amide bonds. The van der Waals surface area contributed by atoms with Crippen LogP contribution in [0.2, 0.25) is 0 Å². The van der Waals surface area contributed by atoms with Gasteiger partial charge >= 0.3 is 0 Å². The van der Waals surface area contributed by atoms with Gasteiger partial charge in [-0.2, -0.15) is 27.8 Å². The second-order valence-corrected chi connectivity index (χ2v) is 10.1. The maximum Gasteiger partial charge on any atom is 0.280 e. The van der Waals surface area contributed by atoms with Crippen LogP contribution in [-0.4, -0.2) is 41.5 Å². The molecule has 9 nitrogen and oxygen atoms in total. The van der Waals surface area contributed by atoms with Crippen molar-refractivity contribution in [2.24, 2.45) is 7.05 Å². The van der Waals surface area contributed by atoms with E-state index < -0.39 is 28.2 Å². The number of carbonyl (C=O) groups excluding carboxylic acids is 1. The van der Waals surface area contributed by atoms with E-state index in [1.54, 1.807) is 24.9 Å². The molecule has 1 aliphatic rings. The van der Waals surface area contributed by atoms with Crippen LogP contribution in [-0.2, 0) is 28.5 Å². The predicted octanol–water partition coefficient (Wildman–Crippen LogP) is 1.75. The summed E-state index contributed by atoms with van der Waals surface area (Å²) in [6, 6.07) is 0.682. The van der Waals surface area contributed by atoms with Gasteiger partial charge in [-0.25, -0.2) is 0 Å². The molecule has 0 saturated carbocycles. The minimum absolute atomic E-state index is 0.251. The van der Waals surface area contributed by atoms with Crippen molar-refractivity contribution in [3.8, 4) is 6.07 Å². The van der Waals surface area contributed by atoms with Gasteiger partial charge in [0, 0.05) is 30.7 Å².